The lowest BCUT2D eigenvalue weighted by molar-refractivity contribution is 0.367. The molecule has 1 saturated heterocycles. The molecule has 0 spiro atoms. The third kappa shape index (κ3) is 3.26. The molecule has 0 aliphatic carbocycles. The first-order chi connectivity index (χ1) is 9.09. The van der Waals surface area contributed by atoms with Gasteiger partial charge < -0.3 is 20.9 Å². The summed E-state index contributed by atoms with van der Waals surface area (Å²) in [5.74, 6) is 1.24. The van der Waals surface area contributed by atoms with Crippen molar-refractivity contribution in [1.29, 1.82) is 0 Å². The predicted molar refractivity (Wildman–Crippen MR) is 77.3 cm³/mol. The number of nitrogen functional groups attached to an aromatic ring is 1. The minimum absolute atomic E-state index is 0.213. The van der Waals surface area contributed by atoms with Gasteiger partial charge in [0, 0.05) is 12.6 Å². The van der Waals surface area contributed by atoms with Gasteiger partial charge in [0.15, 0.2) is 5.82 Å². The van der Waals surface area contributed by atoms with E-state index in [4.69, 9.17) is 5.73 Å². The molecule has 0 saturated carbocycles. The largest absolute Gasteiger partial charge is 0.391 e. The molecule has 6 heteroatoms. The fourth-order valence-corrected chi connectivity index (χ4v) is 2.51. The normalized spacial score (nSPS) is 16.8. The third-order valence-electron chi connectivity index (χ3n) is 3.68. The highest BCUT2D eigenvalue weighted by atomic mass is 16.1. The molecule has 2 rings (SSSR count). The van der Waals surface area contributed by atoms with Crippen LogP contribution >= 0.6 is 0 Å². The van der Waals surface area contributed by atoms with Crippen LogP contribution in [0.5, 0.6) is 0 Å². The van der Waals surface area contributed by atoms with Crippen molar-refractivity contribution in [3.63, 3.8) is 0 Å². The van der Waals surface area contributed by atoms with E-state index >= 15 is 0 Å². The number of piperidine rings is 1. The first-order valence-electron chi connectivity index (χ1n) is 6.90. The lowest BCUT2D eigenvalue weighted by atomic mass is 9.97. The number of hydrogen-bond donors (Lipinski definition) is 3. The molecule has 0 aromatic carbocycles. The highest BCUT2D eigenvalue weighted by molar-refractivity contribution is 5.61. The second kappa shape index (κ2) is 6.06. The van der Waals surface area contributed by atoms with Crippen LogP contribution in [0.15, 0.2) is 11.1 Å². The molecule has 0 bridgehead atoms. The van der Waals surface area contributed by atoms with Crippen LogP contribution in [0.25, 0.3) is 0 Å². The van der Waals surface area contributed by atoms with Crippen molar-refractivity contribution >= 4 is 11.5 Å². The number of aromatic amines is 1. The Morgan fingerprint density at radius 3 is 2.79 bits per heavy atom. The van der Waals surface area contributed by atoms with Crippen LogP contribution in [0.4, 0.5) is 11.5 Å². The minimum atomic E-state index is -0.263. The Morgan fingerprint density at radius 1 is 1.47 bits per heavy atom. The summed E-state index contributed by atoms with van der Waals surface area (Å²) in [5.41, 5.74) is 5.82. The molecule has 1 aliphatic heterocycles. The van der Waals surface area contributed by atoms with E-state index in [9.17, 15) is 4.79 Å². The molecule has 0 amide bonds. The maximum atomic E-state index is 11.6. The van der Waals surface area contributed by atoms with Crippen LogP contribution in [0.1, 0.15) is 26.7 Å². The Labute approximate surface area is 113 Å². The number of anilines is 2. The lowest BCUT2D eigenvalue weighted by Gasteiger charge is -2.34. The number of aromatic nitrogens is 2. The van der Waals surface area contributed by atoms with E-state index in [1.165, 1.54) is 6.33 Å². The predicted octanol–water partition coefficient (Wildman–Crippen LogP) is 0.567. The van der Waals surface area contributed by atoms with Crippen LogP contribution in [0.3, 0.4) is 0 Å². The van der Waals surface area contributed by atoms with E-state index in [1.807, 2.05) is 0 Å². The molecule has 1 aromatic rings. The van der Waals surface area contributed by atoms with Gasteiger partial charge in [0.05, 0.1) is 6.33 Å². The van der Waals surface area contributed by atoms with Crippen LogP contribution < -0.4 is 21.5 Å². The Balaban J connectivity index is 2.19. The third-order valence-corrected chi connectivity index (χ3v) is 3.68. The van der Waals surface area contributed by atoms with Crippen LogP contribution in [0.2, 0.25) is 0 Å². The van der Waals surface area contributed by atoms with E-state index in [0.717, 1.165) is 32.5 Å². The molecule has 106 valence electrons. The summed E-state index contributed by atoms with van der Waals surface area (Å²) in [6.45, 7) is 7.23. The van der Waals surface area contributed by atoms with Crippen molar-refractivity contribution in [3.8, 4) is 0 Å². The van der Waals surface area contributed by atoms with Gasteiger partial charge in [0.25, 0.3) is 5.56 Å². The van der Waals surface area contributed by atoms with Crippen LogP contribution in [0, 0.1) is 5.92 Å². The number of rotatable bonds is 4. The smallest absolute Gasteiger partial charge is 0.276 e. The maximum absolute atomic E-state index is 11.6. The summed E-state index contributed by atoms with van der Waals surface area (Å²) in [4.78, 5) is 20.5. The highest BCUT2D eigenvalue weighted by Gasteiger charge is 2.22. The van der Waals surface area contributed by atoms with Gasteiger partial charge in [-0.1, -0.05) is 0 Å². The molecule has 0 radical (unpaired) electrons. The van der Waals surface area contributed by atoms with Gasteiger partial charge in [-0.3, -0.25) is 4.79 Å². The van der Waals surface area contributed by atoms with Gasteiger partial charge in [0.1, 0.15) is 5.69 Å². The summed E-state index contributed by atoms with van der Waals surface area (Å²) in [5, 5.41) is 3.36. The van der Waals surface area contributed by atoms with Crippen LogP contribution in [-0.4, -0.2) is 35.6 Å². The number of nitrogens with two attached hydrogens (primary N) is 1. The van der Waals surface area contributed by atoms with Crippen molar-refractivity contribution in [3.05, 3.63) is 16.7 Å². The lowest BCUT2D eigenvalue weighted by Crippen LogP contribution is -2.41. The average molecular weight is 265 g/mol. The van der Waals surface area contributed by atoms with Crippen molar-refractivity contribution in [1.82, 2.24) is 15.3 Å². The first-order valence-corrected chi connectivity index (χ1v) is 6.90. The Bertz CT molecular complexity index is 464. The number of nitrogens with zero attached hydrogens (tertiary/aromatic N) is 2. The Morgan fingerprint density at radius 2 is 2.16 bits per heavy atom. The fraction of sp³-hybridized carbons (Fsp3) is 0.692. The zero-order valence-electron chi connectivity index (χ0n) is 11.6. The monoisotopic (exact) mass is 265 g/mol. The molecule has 0 atom stereocenters. The highest BCUT2D eigenvalue weighted by Crippen LogP contribution is 2.22. The van der Waals surface area contributed by atoms with Crippen molar-refractivity contribution < 1.29 is 0 Å². The average Bonchev–Trinajstić information content (AvgIpc) is 2.40. The molecule has 1 aliphatic rings. The Kier molecular flexibility index (Phi) is 4.42. The van der Waals surface area contributed by atoms with Gasteiger partial charge in [-0.2, -0.15) is 0 Å². The van der Waals surface area contributed by atoms with Gasteiger partial charge in [-0.05, 0) is 45.7 Å². The molecule has 4 N–H and O–H groups in total. The maximum Gasteiger partial charge on any atom is 0.276 e. The molecule has 2 heterocycles. The van der Waals surface area contributed by atoms with Gasteiger partial charge >= 0.3 is 0 Å². The zero-order valence-corrected chi connectivity index (χ0v) is 11.6. The van der Waals surface area contributed by atoms with Gasteiger partial charge in [-0.15, -0.1) is 0 Å². The molecule has 19 heavy (non-hydrogen) atoms. The van der Waals surface area contributed by atoms with E-state index in [1.54, 1.807) is 0 Å². The SMILES string of the molecule is CC(C)N(CC1CCNCC1)c1nc[nH]c(=O)c1N. The number of nitrogens with one attached hydrogen (secondary N) is 2. The van der Waals surface area contributed by atoms with Gasteiger partial charge in [0.2, 0.25) is 0 Å². The standard InChI is InChI=1S/C13H23N5O/c1-9(2)18(7-10-3-5-15-6-4-10)12-11(14)13(19)17-8-16-12/h8-10,15H,3-7,14H2,1-2H3,(H,16,17,19). The molecular formula is C13H23N5O. The van der Waals surface area contributed by atoms with Crippen LogP contribution in [-0.2, 0) is 0 Å². The first kappa shape index (κ1) is 13.9. The number of hydrogen-bond acceptors (Lipinski definition) is 5. The van der Waals surface area contributed by atoms with Crippen molar-refractivity contribution in [2.75, 3.05) is 30.3 Å². The van der Waals surface area contributed by atoms with Crippen molar-refractivity contribution in [2.45, 2.75) is 32.7 Å². The van der Waals surface area contributed by atoms with E-state index in [2.05, 4.69) is 34.0 Å². The molecule has 0 unspecified atom stereocenters. The number of H-pyrrole nitrogens is 1. The second-order valence-electron chi connectivity index (χ2n) is 5.41. The summed E-state index contributed by atoms with van der Waals surface area (Å²) < 4.78 is 0. The minimum Gasteiger partial charge on any atom is -0.391 e. The Hall–Kier alpha value is -1.56. The fourth-order valence-electron chi connectivity index (χ4n) is 2.51. The molecule has 1 fully saturated rings. The van der Waals surface area contributed by atoms with Crippen molar-refractivity contribution in [2.24, 2.45) is 5.92 Å². The van der Waals surface area contributed by atoms with E-state index in [-0.39, 0.29) is 17.3 Å². The summed E-state index contributed by atoms with van der Waals surface area (Å²) in [6.07, 6.45) is 3.74. The quantitative estimate of drug-likeness (QED) is 0.741. The molecular weight excluding hydrogens is 242 g/mol. The van der Waals surface area contributed by atoms with Gasteiger partial charge in [-0.25, -0.2) is 4.98 Å². The zero-order chi connectivity index (χ0) is 13.8. The summed E-state index contributed by atoms with van der Waals surface area (Å²) >= 11 is 0. The molecule has 6 nitrogen and oxygen atoms in total. The second-order valence-corrected chi connectivity index (χ2v) is 5.41. The summed E-state index contributed by atoms with van der Waals surface area (Å²) in [7, 11) is 0. The summed E-state index contributed by atoms with van der Waals surface area (Å²) in [6, 6.07) is 0.270. The van der Waals surface area contributed by atoms with E-state index in [0.29, 0.717) is 11.7 Å². The topological polar surface area (TPSA) is 87.0 Å². The molecule has 1 aromatic heterocycles. The van der Waals surface area contributed by atoms with E-state index < -0.39 is 0 Å².